The van der Waals surface area contributed by atoms with Crippen LogP contribution in [0.15, 0.2) is 24.3 Å². The molecule has 1 amide bonds. The molecular formula is C16H26N2O3. The summed E-state index contributed by atoms with van der Waals surface area (Å²) in [5.41, 5.74) is 12.3. The highest BCUT2D eigenvalue weighted by atomic mass is 16.5. The van der Waals surface area contributed by atoms with Gasteiger partial charge in [0.25, 0.3) is 0 Å². The summed E-state index contributed by atoms with van der Waals surface area (Å²) in [6, 6.07) is 7.74. The second-order valence-corrected chi connectivity index (χ2v) is 5.34. The molecule has 0 bridgehead atoms. The largest absolute Gasteiger partial charge is 0.461 e. The minimum atomic E-state index is -0.241. The molecule has 1 aromatic rings. The monoisotopic (exact) mass is 294 g/mol. The fourth-order valence-corrected chi connectivity index (χ4v) is 1.09. The Kier molecular flexibility index (Phi) is 9.05. The van der Waals surface area contributed by atoms with Gasteiger partial charge in [-0.3, -0.25) is 9.59 Å². The van der Waals surface area contributed by atoms with Gasteiger partial charge < -0.3 is 16.2 Å². The fourth-order valence-electron chi connectivity index (χ4n) is 1.09. The number of esters is 1. The van der Waals surface area contributed by atoms with E-state index < -0.39 is 0 Å². The smallest absolute Gasteiger partial charge is 0.308 e. The first-order chi connectivity index (χ1) is 9.77. The van der Waals surface area contributed by atoms with Crippen molar-refractivity contribution in [3.63, 3.8) is 0 Å². The quantitative estimate of drug-likeness (QED) is 0.812. The van der Waals surface area contributed by atoms with Crippen LogP contribution in [0.5, 0.6) is 0 Å². The highest BCUT2D eigenvalue weighted by molar-refractivity contribution is 5.75. The van der Waals surface area contributed by atoms with Gasteiger partial charge in [0.1, 0.15) is 6.61 Å². The van der Waals surface area contributed by atoms with Crippen molar-refractivity contribution >= 4 is 11.9 Å². The number of ether oxygens (including phenoxy) is 1. The van der Waals surface area contributed by atoms with Gasteiger partial charge in [0, 0.05) is 12.5 Å². The first kappa shape index (κ1) is 19.1. The molecule has 4 N–H and O–H groups in total. The zero-order valence-electron chi connectivity index (χ0n) is 13.3. The molecule has 0 saturated heterocycles. The Hall–Kier alpha value is -1.88. The van der Waals surface area contributed by atoms with E-state index >= 15 is 0 Å². The first-order valence-electron chi connectivity index (χ1n) is 7.01. The minimum absolute atomic E-state index is 0.00926. The molecule has 5 nitrogen and oxygen atoms in total. The summed E-state index contributed by atoms with van der Waals surface area (Å²) in [7, 11) is 0. The van der Waals surface area contributed by atoms with Crippen molar-refractivity contribution in [3.8, 4) is 0 Å². The second-order valence-electron chi connectivity index (χ2n) is 5.34. The number of nitrogens with two attached hydrogens (primary N) is 2. The third kappa shape index (κ3) is 8.81. The maximum absolute atomic E-state index is 11.2. The van der Waals surface area contributed by atoms with Crippen LogP contribution in [-0.4, -0.2) is 11.9 Å². The average Bonchev–Trinajstić information content (AvgIpc) is 2.45. The SMILES string of the molecule is CC(C)C(=O)OCc1ccc(CN)cc1.CC(C)C(N)=O. The van der Waals surface area contributed by atoms with Crippen molar-refractivity contribution < 1.29 is 14.3 Å². The summed E-state index contributed by atoms with van der Waals surface area (Å²) in [6.45, 7) is 8.04. The molecule has 5 heteroatoms. The summed E-state index contributed by atoms with van der Waals surface area (Å²) >= 11 is 0. The van der Waals surface area contributed by atoms with Crippen LogP contribution in [0.2, 0.25) is 0 Å². The molecule has 0 atom stereocenters. The minimum Gasteiger partial charge on any atom is -0.461 e. The van der Waals surface area contributed by atoms with Gasteiger partial charge in [0.05, 0.1) is 5.92 Å². The van der Waals surface area contributed by atoms with Crippen molar-refractivity contribution in [2.45, 2.75) is 40.8 Å². The number of hydrogen-bond donors (Lipinski definition) is 2. The van der Waals surface area contributed by atoms with Crippen molar-refractivity contribution in [2.75, 3.05) is 0 Å². The topological polar surface area (TPSA) is 95.4 Å². The molecule has 118 valence electrons. The average molecular weight is 294 g/mol. The first-order valence-corrected chi connectivity index (χ1v) is 7.01. The number of hydrogen-bond acceptors (Lipinski definition) is 4. The molecule has 0 fully saturated rings. The Balaban J connectivity index is 0.000000567. The van der Waals surface area contributed by atoms with Gasteiger partial charge in [0.2, 0.25) is 5.91 Å². The predicted octanol–water partition coefficient (Wildman–Crippen LogP) is 1.97. The highest BCUT2D eigenvalue weighted by Gasteiger charge is 2.07. The van der Waals surface area contributed by atoms with E-state index in [1.807, 2.05) is 38.1 Å². The van der Waals surface area contributed by atoms with Crippen molar-refractivity contribution in [1.29, 1.82) is 0 Å². The lowest BCUT2D eigenvalue weighted by Crippen LogP contribution is -2.17. The van der Waals surface area contributed by atoms with Gasteiger partial charge in [-0.1, -0.05) is 52.0 Å². The van der Waals surface area contributed by atoms with E-state index in [2.05, 4.69) is 0 Å². The van der Waals surface area contributed by atoms with Crippen LogP contribution in [0.3, 0.4) is 0 Å². The van der Waals surface area contributed by atoms with Crippen LogP contribution in [0.25, 0.3) is 0 Å². The zero-order chi connectivity index (χ0) is 16.4. The van der Waals surface area contributed by atoms with Crippen LogP contribution in [0.4, 0.5) is 0 Å². The van der Waals surface area contributed by atoms with Crippen LogP contribution in [0.1, 0.15) is 38.8 Å². The number of amides is 1. The Morgan fingerprint density at radius 3 is 1.76 bits per heavy atom. The maximum Gasteiger partial charge on any atom is 0.308 e. The van der Waals surface area contributed by atoms with E-state index in [0.29, 0.717) is 13.2 Å². The molecule has 0 aromatic heterocycles. The van der Waals surface area contributed by atoms with Gasteiger partial charge in [-0.15, -0.1) is 0 Å². The number of carbonyl (C=O) groups excluding carboxylic acids is 2. The van der Waals surface area contributed by atoms with Gasteiger partial charge in [-0.25, -0.2) is 0 Å². The lowest BCUT2D eigenvalue weighted by molar-refractivity contribution is -0.148. The summed E-state index contributed by atoms with van der Waals surface area (Å²) in [4.78, 5) is 21.1. The Morgan fingerprint density at radius 2 is 1.43 bits per heavy atom. The molecule has 0 unspecified atom stereocenters. The van der Waals surface area contributed by atoms with E-state index in [1.54, 1.807) is 13.8 Å². The molecule has 0 heterocycles. The lowest BCUT2D eigenvalue weighted by Gasteiger charge is -2.07. The molecule has 0 saturated carbocycles. The molecule has 1 rings (SSSR count). The van der Waals surface area contributed by atoms with Crippen molar-refractivity contribution in [2.24, 2.45) is 23.3 Å². The molecule has 0 radical (unpaired) electrons. The number of rotatable bonds is 5. The molecule has 21 heavy (non-hydrogen) atoms. The van der Waals surface area contributed by atoms with Gasteiger partial charge in [0.15, 0.2) is 0 Å². The summed E-state index contributed by atoms with van der Waals surface area (Å²) in [5.74, 6) is -0.494. The normalized spacial score (nSPS) is 10.0. The fraction of sp³-hybridized carbons (Fsp3) is 0.500. The summed E-state index contributed by atoms with van der Waals surface area (Å²) in [5, 5.41) is 0. The van der Waals surface area contributed by atoms with Gasteiger partial charge in [-0.05, 0) is 11.1 Å². The van der Waals surface area contributed by atoms with E-state index in [1.165, 1.54) is 0 Å². The van der Waals surface area contributed by atoms with E-state index in [4.69, 9.17) is 16.2 Å². The predicted molar refractivity (Wildman–Crippen MR) is 83.0 cm³/mol. The molecule has 0 spiro atoms. The van der Waals surface area contributed by atoms with E-state index in [9.17, 15) is 9.59 Å². The molecule has 1 aromatic carbocycles. The lowest BCUT2D eigenvalue weighted by atomic mass is 10.1. The Bertz CT molecular complexity index is 439. The summed E-state index contributed by atoms with van der Waals surface area (Å²) < 4.78 is 5.09. The van der Waals surface area contributed by atoms with Crippen molar-refractivity contribution in [1.82, 2.24) is 0 Å². The standard InChI is InChI=1S/C12H17NO2.C4H9NO/c1-9(2)12(14)15-8-11-5-3-10(7-13)4-6-11;1-3(2)4(5)6/h3-6,9H,7-8,13H2,1-2H3;3H,1-2H3,(H2,5,6). The Morgan fingerprint density at radius 1 is 1.00 bits per heavy atom. The second kappa shape index (κ2) is 9.94. The van der Waals surface area contributed by atoms with Crippen LogP contribution >= 0.6 is 0 Å². The molecular weight excluding hydrogens is 268 g/mol. The van der Waals surface area contributed by atoms with Gasteiger partial charge in [-0.2, -0.15) is 0 Å². The Labute approximate surface area is 126 Å². The van der Waals surface area contributed by atoms with Crippen molar-refractivity contribution in [3.05, 3.63) is 35.4 Å². The molecule has 0 aliphatic heterocycles. The van der Waals surface area contributed by atoms with Gasteiger partial charge >= 0.3 is 5.97 Å². The number of carbonyl (C=O) groups is 2. The zero-order valence-corrected chi connectivity index (χ0v) is 13.3. The molecule has 0 aliphatic carbocycles. The van der Waals surface area contributed by atoms with E-state index in [0.717, 1.165) is 11.1 Å². The molecule has 0 aliphatic rings. The number of benzene rings is 1. The van der Waals surface area contributed by atoms with E-state index in [-0.39, 0.29) is 23.7 Å². The van der Waals surface area contributed by atoms with Crippen LogP contribution in [0, 0.1) is 11.8 Å². The maximum atomic E-state index is 11.2. The number of primary amides is 1. The van der Waals surface area contributed by atoms with Crippen LogP contribution < -0.4 is 11.5 Å². The third-order valence-corrected chi connectivity index (χ3v) is 2.68. The summed E-state index contributed by atoms with van der Waals surface area (Å²) in [6.07, 6.45) is 0. The third-order valence-electron chi connectivity index (χ3n) is 2.68. The highest BCUT2D eigenvalue weighted by Crippen LogP contribution is 2.06. The van der Waals surface area contributed by atoms with Crippen LogP contribution in [-0.2, 0) is 27.5 Å².